The van der Waals surface area contributed by atoms with Crippen molar-refractivity contribution in [3.63, 3.8) is 0 Å². The molecule has 0 bridgehead atoms. The van der Waals surface area contributed by atoms with E-state index in [2.05, 4.69) is 11.9 Å². The van der Waals surface area contributed by atoms with Crippen molar-refractivity contribution in [2.24, 2.45) is 29.6 Å². The number of allylic oxidation sites excluding steroid dienone is 1. The number of hydrogen-bond acceptors (Lipinski definition) is 5. The highest BCUT2D eigenvalue weighted by Crippen LogP contribution is 2.52. The van der Waals surface area contributed by atoms with Crippen molar-refractivity contribution < 1.29 is 24.5 Å². The van der Waals surface area contributed by atoms with E-state index in [4.69, 9.17) is 4.74 Å². The van der Waals surface area contributed by atoms with Gasteiger partial charge in [0.05, 0.1) is 18.1 Å². The summed E-state index contributed by atoms with van der Waals surface area (Å²) in [4.78, 5) is 26.7. The van der Waals surface area contributed by atoms with Crippen LogP contribution in [0.4, 0.5) is 0 Å². The number of carbonyl (C=O) groups excluding carboxylic acids is 2. The molecule has 0 aromatic heterocycles. The minimum atomic E-state index is -1.55. The van der Waals surface area contributed by atoms with Gasteiger partial charge in [-0.3, -0.25) is 4.79 Å². The van der Waals surface area contributed by atoms with Crippen molar-refractivity contribution in [1.29, 1.82) is 0 Å². The molecule has 1 saturated carbocycles. The lowest BCUT2D eigenvalue weighted by Gasteiger charge is -2.49. The first-order chi connectivity index (χ1) is 16.2. The molecule has 0 radical (unpaired) electrons. The Bertz CT molecular complexity index is 1000. The van der Waals surface area contributed by atoms with Crippen LogP contribution in [0.2, 0.25) is 0 Å². The second-order valence-electron chi connectivity index (χ2n) is 10.2. The van der Waals surface area contributed by atoms with Gasteiger partial charge in [-0.25, -0.2) is 4.79 Å². The van der Waals surface area contributed by atoms with Crippen LogP contribution in [0.5, 0.6) is 0 Å². The molecule has 0 unspecified atom stereocenters. The van der Waals surface area contributed by atoms with E-state index in [-0.39, 0.29) is 29.7 Å². The highest BCUT2D eigenvalue weighted by Gasteiger charge is 2.67. The van der Waals surface area contributed by atoms with E-state index in [0.717, 1.165) is 5.56 Å². The minimum Gasteiger partial charge on any atom is -0.445 e. The predicted octanol–water partition coefficient (Wildman–Crippen LogP) is 2.96. The fourth-order valence-corrected chi connectivity index (χ4v) is 6.00. The number of aliphatic hydroxyl groups excluding tert-OH is 2. The molecule has 2 fully saturated rings. The quantitative estimate of drug-likeness (QED) is 0.461. The van der Waals surface area contributed by atoms with Crippen LogP contribution in [0.15, 0.2) is 66.8 Å². The van der Waals surface area contributed by atoms with Crippen molar-refractivity contribution in [3.05, 3.63) is 72.4 Å². The Kier molecular flexibility index (Phi) is 6.83. The average Bonchev–Trinajstić information content (AvgIpc) is 3.08. The van der Waals surface area contributed by atoms with E-state index < -0.39 is 35.6 Å². The summed E-state index contributed by atoms with van der Waals surface area (Å²) < 4.78 is 6.05. The highest BCUT2D eigenvalue weighted by atomic mass is 16.6. The molecule has 1 aliphatic carbocycles. The zero-order valence-corrected chi connectivity index (χ0v) is 20.1. The van der Waals surface area contributed by atoms with E-state index in [1.165, 1.54) is 6.08 Å². The number of nitrogens with one attached hydrogen (secondary N) is 1. The van der Waals surface area contributed by atoms with Crippen molar-refractivity contribution in [1.82, 2.24) is 5.32 Å². The number of aliphatic hydroxyl groups is 2. The lowest BCUT2D eigenvalue weighted by Crippen LogP contribution is -2.61. The van der Waals surface area contributed by atoms with Gasteiger partial charge in [-0.1, -0.05) is 75.9 Å². The molecule has 2 heterocycles. The van der Waals surface area contributed by atoms with Crippen LogP contribution in [0.1, 0.15) is 32.8 Å². The summed E-state index contributed by atoms with van der Waals surface area (Å²) in [5, 5.41) is 24.9. The summed E-state index contributed by atoms with van der Waals surface area (Å²) in [7, 11) is 0. The van der Waals surface area contributed by atoms with Crippen LogP contribution in [0.3, 0.4) is 0 Å². The van der Waals surface area contributed by atoms with Gasteiger partial charge in [-0.05, 0) is 35.8 Å². The zero-order chi connectivity index (χ0) is 24.6. The molecular weight excluding hydrogens is 430 g/mol. The smallest absolute Gasteiger partial charge is 0.331 e. The maximum atomic E-state index is 13.7. The third-order valence-corrected chi connectivity index (χ3v) is 8.02. The number of esters is 1. The normalized spacial score (nSPS) is 42.3. The number of hydrogen-bond donors (Lipinski definition) is 3. The van der Waals surface area contributed by atoms with Crippen molar-refractivity contribution >= 4 is 11.9 Å². The lowest BCUT2D eigenvalue weighted by atomic mass is 9.59. The Hall–Kier alpha value is -2.70. The Morgan fingerprint density at radius 1 is 1.12 bits per heavy atom. The first-order valence-corrected chi connectivity index (χ1v) is 12.1. The Morgan fingerprint density at radius 2 is 1.82 bits per heavy atom. The minimum absolute atomic E-state index is 0.0656. The van der Waals surface area contributed by atoms with Gasteiger partial charge in [0.15, 0.2) is 0 Å². The SMILES string of the molecule is C=C1[C@@H](C)[C@H]2[C@H](Cc3ccccc3)NC(=O)[C@]23OC(=O)/C=C\[C@H](C)[C@H](O)[C@@H](C)C/C=C\[C@H]3[C@@H]1O. The monoisotopic (exact) mass is 465 g/mol. The van der Waals surface area contributed by atoms with Gasteiger partial charge in [0.25, 0.3) is 5.91 Å². The van der Waals surface area contributed by atoms with Crippen LogP contribution in [0.25, 0.3) is 0 Å². The topological polar surface area (TPSA) is 95.9 Å². The van der Waals surface area contributed by atoms with Crippen LogP contribution in [0, 0.1) is 29.6 Å². The van der Waals surface area contributed by atoms with Crippen LogP contribution >= 0.6 is 0 Å². The van der Waals surface area contributed by atoms with Crippen molar-refractivity contribution in [2.45, 2.75) is 57.5 Å². The van der Waals surface area contributed by atoms with Gasteiger partial charge in [0, 0.05) is 24.0 Å². The molecule has 9 atom stereocenters. The molecule has 1 aromatic rings. The molecule has 1 saturated heterocycles. The van der Waals surface area contributed by atoms with E-state index >= 15 is 0 Å². The number of ether oxygens (including phenoxy) is 1. The van der Waals surface area contributed by atoms with E-state index in [1.807, 2.05) is 57.2 Å². The number of carbonyl (C=O) groups is 2. The summed E-state index contributed by atoms with van der Waals surface area (Å²) in [5.74, 6) is -2.78. The number of rotatable bonds is 2. The summed E-state index contributed by atoms with van der Waals surface area (Å²) in [5.41, 5.74) is 0.143. The third-order valence-electron chi connectivity index (χ3n) is 8.02. The molecule has 1 amide bonds. The van der Waals surface area contributed by atoms with Crippen LogP contribution in [-0.4, -0.2) is 45.9 Å². The molecule has 6 nitrogen and oxygen atoms in total. The molecule has 3 N–H and O–H groups in total. The Labute approximate surface area is 201 Å². The molecule has 3 aliphatic rings. The maximum absolute atomic E-state index is 13.7. The van der Waals surface area contributed by atoms with Gasteiger partial charge in [0.2, 0.25) is 5.60 Å². The van der Waals surface area contributed by atoms with Gasteiger partial charge >= 0.3 is 5.97 Å². The molecule has 4 rings (SSSR count). The molecule has 6 heteroatoms. The molecule has 182 valence electrons. The Balaban J connectivity index is 1.80. The van der Waals surface area contributed by atoms with Crippen LogP contribution in [-0.2, 0) is 20.7 Å². The zero-order valence-electron chi connectivity index (χ0n) is 20.1. The third kappa shape index (κ3) is 4.14. The predicted molar refractivity (Wildman–Crippen MR) is 129 cm³/mol. The van der Waals surface area contributed by atoms with Crippen molar-refractivity contribution in [3.8, 4) is 0 Å². The van der Waals surface area contributed by atoms with Gasteiger partial charge in [-0.15, -0.1) is 0 Å². The lowest BCUT2D eigenvalue weighted by molar-refractivity contribution is -0.182. The van der Waals surface area contributed by atoms with E-state index in [0.29, 0.717) is 18.4 Å². The highest BCUT2D eigenvalue weighted by molar-refractivity contribution is 5.94. The fraction of sp³-hybridized carbons (Fsp3) is 0.500. The fourth-order valence-electron chi connectivity index (χ4n) is 6.00. The summed E-state index contributed by atoms with van der Waals surface area (Å²) in [6, 6.07) is 9.59. The van der Waals surface area contributed by atoms with Gasteiger partial charge in [-0.2, -0.15) is 0 Å². The van der Waals surface area contributed by atoms with E-state index in [9.17, 15) is 19.8 Å². The van der Waals surface area contributed by atoms with E-state index in [1.54, 1.807) is 12.2 Å². The summed E-state index contributed by atoms with van der Waals surface area (Å²) >= 11 is 0. The second-order valence-corrected chi connectivity index (χ2v) is 10.2. The van der Waals surface area contributed by atoms with Crippen molar-refractivity contribution in [2.75, 3.05) is 0 Å². The van der Waals surface area contributed by atoms with Crippen LogP contribution < -0.4 is 5.32 Å². The Morgan fingerprint density at radius 3 is 2.53 bits per heavy atom. The number of benzene rings is 1. The largest absolute Gasteiger partial charge is 0.445 e. The second kappa shape index (κ2) is 9.51. The summed E-state index contributed by atoms with van der Waals surface area (Å²) in [6.45, 7) is 9.89. The maximum Gasteiger partial charge on any atom is 0.331 e. The summed E-state index contributed by atoms with van der Waals surface area (Å²) in [6.07, 6.45) is 6.07. The molecule has 1 spiro atoms. The molecule has 34 heavy (non-hydrogen) atoms. The number of amides is 1. The molecule has 2 aliphatic heterocycles. The molecular formula is C28H35NO5. The van der Waals surface area contributed by atoms with Gasteiger partial charge in [0.1, 0.15) is 0 Å². The first kappa shape index (κ1) is 24.4. The molecule has 1 aromatic carbocycles. The first-order valence-electron chi connectivity index (χ1n) is 12.1. The van der Waals surface area contributed by atoms with Gasteiger partial charge < -0.3 is 20.3 Å². The average molecular weight is 466 g/mol. The standard InChI is InChI=1S/C28H35NO5/c1-16-9-8-12-21-26(32)19(4)18(3)24-22(15-20-10-6-5-7-11-20)29-27(33)28(21,24)34-23(30)14-13-17(2)25(16)31/h5-8,10-14,16-18,21-22,24-26,31-32H,4,9,15H2,1-3H3,(H,29,33)/b12-8-,14-13-/t16-,17-,18+,21-,22-,24-,25+,26+,28+/m0/s1.